The van der Waals surface area contributed by atoms with Crippen LogP contribution in [0.4, 0.5) is 0 Å². The molecule has 18 heavy (non-hydrogen) atoms. The highest BCUT2D eigenvalue weighted by Crippen LogP contribution is 2.18. The first-order chi connectivity index (χ1) is 8.61. The summed E-state index contributed by atoms with van der Waals surface area (Å²) in [6.07, 6.45) is 1.73. The van der Waals surface area contributed by atoms with Gasteiger partial charge in [0.15, 0.2) is 0 Å². The Kier molecular flexibility index (Phi) is 6.35. The van der Waals surface area contributed by atoms with Crippen LogP contribution in [0.25, 0.3) is 0 Å². The maximum absolute atomic E-state index is 12.4. The van der Waals surface area contributed by atoms with E-state index in [0.717, 1.165) is 14.7 Å². The van der Waals surface area contributed by atoms with Gasteiger partial charge in [-0.3, -0.25) is 4.79 Å². The summed E-state index contributed by atoms with van der Waals surface area (Å²) in [5, 5.41) is 0. The summed E-state index contributed by atoms with van der Waals surface area (Å²) < 4.78 is 6.03. The molecule has 0 N–H and O–H groups in total. The van der Waals surface area contributed by atoms with Crippen molar-refractivity contribution in [3.05, 3.63) is 45.6 Å². The highest BCUT2D eigenvalue weighted by atomic mass is 127. The average Bonchev–Trinajstić information content (AvgIpc) is 2.37. The molecule has 1 rings (SSSR count). The van der Waals surface area contributed by atoms with E-state index in [-0.39, 0.29) is 5.91 Å². The molecule has 0 saturated carbocycles. The molecule has 98 valence electrons. The molecule has 0 fully saturated rings. The van der Waals surface area contributed by atoms with E-state index in [0.29, 0.717) is 19.7 Å². The minimum atomic E-state index is 0.0278. The molecular formula is C14H18INO2. The fraction of sp³-hybridized carbons (Fsp3) is 0.357. The molecule has 3 nitrogen and oxygen atoms in total. The van der Waals surface area contributed by atoms with E-state index in [1.54, 1.807) is 18.1 Å². The molecule has 0 radical (unpaired) electrons. The summed E-state index contributed by atoms with van der Waals surface area (Å²) in [5.74, 6) is 0.0278. The Bertz CT molecular complexity index is 432. The van der Waals surface area contributed by atoms with Gasteiger partial charge in [0.2, 0.25) is 0 Å². The molecule has 1 aromatic carbocycles. The van der Waals surface area contributed by atoms with Gasteiger partial charge in [-0.25, -0.2) is 0 Å². The summed E-state index contributed by atoms with van der Waals surface area (Å²) in [6, 6.07) is 5.78. The monoisotopic (exact) mass is 359 g/mol. The quantitative estimate of drug-likeness (QED) is 0.578. The SMILES string of the molecule is C=CCN(CCOC)C(=O)c1cccc(C)c1I. The highest BCUT2D eigenvalue weighted by Gasteiger charge is 2.17. The van der Waals surface area contributed by atoms with Gasteiger partial charge >= 0.3 is 0 Å². The average molecular weight is 359 g/mol. The Hall–Kier alpha value is -0.880. The maximum Gasteiger partial charge on any atom is 0.255 e. The fourth-order valence-electron chi connectivity index (χ4n) is 1.62. The standard InChI is InChI=1S/C14H18INO2/c1-4-8-16(9-10-18-3)14(17)12-7-5-6-11(2)13(12)15/h4-7H,1,8-10H2,2-3H3. The lowest BCUT2D eigenvalue weighted by Gasteiger charge is -2.21. The van der Waals surface area contributed by atoms with E-state index in [9.17, 15) is 4.79 Å². The summed E-state index contributed by atoms with van der Waals surface area (Å²) >= 11 is 2.22. The number of nitrogens with zero attached hydrogens (tertiary/aromatic N) is 1. The van der Waals surface area contributed by atoms with Crippen molar-refractivity contribution >= 4 is 28.5 Å². The van der Waals surface area contributed by atoms with Crippen LogP contribution in [0.1, 0.15) is 15.9 Å². The summed E-state index contributed by atoms with van der Waals surface area (Å²) in [6.45, 7) is 7.33. The van der Waals surface area contributed by atoms with Gasteiger partial charge in [-0.1, -0.05) is 18.2 Å². The Morgan fingerprint density at radius 3 is 2.89 bits per heavy atom. The van der Waals surface area contributed by atoms with Gasteiger partial charge < -0.3 is 9.64 Å². The third-order valence-corrected chi connectivity index (χ3v) is 4.06. The number of carbonyl (C=O) groups is 1. The van der Waals surface area contributed by atoms with Crippen molar-refractivity contribution < 1.29 is 9.53 Å². The lowest BCUT2D eigenvalue weighted by atomic mass is 10.1. The Balaban J connectivity index is 2.94. The molecule has 1 aromatic rings. The van der Waals surface area contributed by atoms with Crippen LogP contribution >= 0.6 is 22.6 Å². The van der Waals surface area contributed by atoms with Crippen LogP contribution in [0, 0.1) is 10.5 Å². The second-order valence-electron chi connectivity index (χ2n) is 3.97. The van der Waals surface area contributed by atoms with Gasteiger partial charge in [-0.05, 0) is 41.1 Å². The van der Waals surface area contributed by atoms with Crippen LogP contribution in [0.5, 0.6) is 0 Å². The predicted molar refractivity (Wildman–Crippen MR) is 81.9 cm³/mol. The molecule has 0 atom stereocenters. The van der Waals surface area contributed by atoms with Crippen LogP contribution in [0.2, 0.25) is 0 Å². The van der Waals surface area contributed by atoms with Crippen LogP contribution in [0.3, 0.4) is 0 Å². The Labute approximate surface area is 122 Å². The fourth-order valence-corrected chi connectivity index (χ4v) is 2.21. The van der Waals surface area contributed by atoms with Crippen molar-refractivity contribution in [3.8, 4) is 0 Å². The first kappa shape index (κ1) is 15.2. The van der Waals surface area contributed by atoms with Gasteiger partial charge in [0.1, 0.15) is 0 Å². The zero-order valence-electron chi connectivity index (χ0n) is 10.8. The van der Waals surface area contributed by atoms with Gasteiger partial charge in [0.25, 0.3) is 5.91 Å². The van der Waals surface area contributed by atoms with Crippen molar-refractivity contribution in [1.82, 2.24) is 4.90 Å². The van der Waals surface area contributed by atoms with Gasteiger partial charge in [0, 0.05) is 23.8 Å². The summed E-state index contributed by atoms with van der Waals surface area (Å²) in [5.41, 5.74) is 1.86. The van der Waals surface area contributed by atoms with Crippen LogP contribution in [-0.2, 0) is 4.74 Å². The summed E-state index contributed by atoms with van der Waals surface area (Å²) in [7, 11) is 1.63. The van der Waals surface area contributed by atoms with Crippen molar-refractivity contribution in [3.63, 3.8) is 0 Å². The van der Waals surface area contributed by atoms with E-state index in [4.69, 9.17) is 4.74 Å². The largest absolute Gasteiger partial charge is 0.383 e. The van der Waals surface area contributed by atoms with Crippen LogP contribution in [0.15, 0.2) is 30.9 Å². The highest BCUT2D eigenvalue weighted by molar-refractivity contribution is 14.1. The van der Waals surface area contributed by atoms with Crippen LogP contribution < -0.4 is 0 Å². The molecule has 0 bridgehead atoms. The maximum atomic E-state index is 12.4. The number of halogens is 1. The van der Waals surface area contributed by atoms with Crippen molar-refractivity contribution in [1.29, 1.82) is 0 Å². The van der Waals surface area contributed by atoms with Crippen molar-refractivity contribution in [2.24, 2.45) is 0 Å². The molecule has 1 amide bonds. The Morgan fingerprint density at radius 2 is 2.28 bits per heavy atom. The molecule has 0 aromatic heterocycles. The smallest absolute Gasteiger partial charge is 0.255 e. The van der Waals surface area contributed by atoms with Gasteiger partial charge in [-0.2, -0.15) is 0 Å². The summed E-state index contributed by atoms with van der Waals surface area (Å²) in [4.78, 5) is 14.2. The van der Waals surface area contributed by atoms with Crippen LogP contribution in [-0.4, -0.2) is 37.6 Å². The molecule has 0 heterocycles. The molecule has 0 aliphatic carbocycles. The first-order valence-electron chi connectivity index (χ1n) is 5.76. The number of carbonyl (C=O) groups excluding carboxylic acids is 1. The number of methoxy groups -OCH3 is 1. The third-order valence-electron chi connectivity index (χ3n) is 2.62. The number of ether oxygens (including phenoxy) is 1. The number of hydrogen-bond acceptors (Lipinski definition) is 2. The second-order valence-corrected chi connectivity index (χ2v) is 5.05. The number of aryl methyl sites for hydroxylation is 1. The van der Waals surface area contributed by atoms with E-state index >= 15 is 0 Å². The van der Waals surface area contributed by atoms with E-state index in [1.807, 2.05) is 25.1 Å². The minimum absolute atomic E-state index is 0.0278. The van der Waals surface area contributed by atoms with Crippen molar-refractivity contribution in [2.45, 2.75) is 6.92 Å². The lowest BCUT2D eigenvalue weighted by Crippen LogP contribution is -2.34. The molecular weight excluding hydrogens is 341 g/mol. The molecule has 0 spiro atoms. The normalized spacial score (nSPS) is 10.2. The number of benzene rings is 1. The zero-order chi connectivity index (χ0) is 13.5. The Morgan fingerprint density at radius 1 is 1.56 bits per heavy atom. The molecule has 0 saturated heterocycles. The number of amides is 1. The van der Waals surface area contributed by atoms with E-state index in [2.05, 4.69) is 29.2 Å². The predicted octanol–water partition coefficient (Wildman–Crippen LogP) is 2.87. The molecule has 4 heteroatoms. The molecule has 0 unspecified atom stereocenters. The van der Waals surface area contributed by atoms with E-state index in [1.165, 1.54) is 0 Å². The molecule has 0 aliphatic heterocycles. The second kappa shape index (κ2) is 7.53. The van der Waals surface area contributed by atoms with Gasteiger partial charge in [-0.15, -0.1) is 6.58 Å². The topological polar surface area (TPSA) is 29.5 Å². The number of hydrogen-bond donors (Lipinski definition) is 0. The third kappa shape index (κ3) is 3.81. The van der Waals surface area contributed by atoms with E-state index < -0.39 is 0 Å². The van der Waals surface area contributed by atoms with Gasteiger partial charge in [0.05, 0.1) is 12.2 Å². The van der Waals surface area contributed by atoms with Crippen molar-refractivity contribution in [2.75, 3.05) is 26.8 Å². The first-order valence-corrected chi connectivity index (χ1v) is 6.84. The number of rotatable bonds is 6. The lowest BCUT2D eigenvalue weighted by molar-refractivity contribution is 0.0717. The minimum Gasteiger partial charge on any atom is -0.383 e. The zero-order valence-corrected chi connectivity index (χ0v) is 12.9. The molecule has 0 aliphatic rings.